The Bertz CT molecular complexity index is 352. The van der Waals surface area contributed by atoms with Crippen LogP contribution < -0.4 is 10.1 Å². The van der Waals surface area contributed by atoms with Gasteiger partial charge in [0.05, 0.1) is 6.61 Å². The van der Waals surface area contributed by atoms with Crippen LogP contribution in [-0.4, -0.2) is 29.2 Å². The van der Waals surface area contributed by atoms with Crippen molar-refractivity contribution in [3.63, 3.8) is 0 Å². The summed E-state index contributed by atoms with van der Waals surface area (Å²) in [6.45, 7) is 5.79. The van der Waals surface area contributed by atoms with E-state index in [0.29, 0.717) is 18.5 Å². The van der Waals surface area contributed by atoms with E-state index < -0.39 is 0 Å². The molecule has 1 aliphatic carbocycles. The molecule has 1 atom stereocenters. The van der Waals surface area contributed by atoms with Gasteiger partial charge in [-0.25, -0.2) is 9.97 Å². The third kappa shape index (κ3) is 3.66. The summed E-state index contributed by atoms with van der Waals surface area (Å²) in [5.74, 6) is 1.52. The number of aromatic nitrogens is 2. The predicted molar refractivity (Wildman–Crippen MR) is 67.1 cm³/mol. The van der Waals surface area contributed by atoms with Gasteiger partial charge in [-0.05, 0) is 32.2 Å². The molecule has 0 aromatic carbocycles. The second-order valence-electron chi connectivity index (χ2n) is 4.49. The zero-order chi connectivity index (χ0) is 12.1. The third-order valence-corrected chi connectivity index (χ3v) is 3.08. The maximum atomic E-state index is 5.39. The van der Waals surface area contributed by atoms with Crippen molar-refractivity contribution in [3.8, 4) is 5.88 Å². The molecule has 0 amide bonds. The van der Waals surface area contributed by atoms with Gasteiger partial charge in [-0.3, -0.25) is 0 Å². The van der Waals surface area contributed by atoms with E-state index in [1.54, 1.807) is 6.33 Å². The molecule has 1 fully saturated rings. The maximum absolute atomic E-state index is 5.39. The van der Waals surface area contributed by atoms with E-state index in [1.165, 1.54) is 12.8 Å². The summed E-state index contributed by atoms with van der Waals surface area (Å²) in [6.07, 6.45) is 5.26. The van der Waals surface area contributed by atoms with Crippen molar-refractivity contribution in [1.82, 2.24) is 15.3 Å². The number of hydrogen-bond donors (Lipinski definition) is 1. The number of nitrogens with zero attached hydrogens (tertiary/aromatic N) is 2. The fourth-order valence-electron chi connectivity index (χ4n) is 2.11. The minimum atomic E-state index is 0.560. The Morgan fingerprint density at radius 3 is 2.88 bits per heavy atom. The van der Waals surface area contributed by atoms with E-state index in [1.807, 2.05) is 13.0 Å². The zero-order valence-electron chi connectivity index (χ0n) is 10.6. The summed E-state index contributed by atoms with van der Waals surface area (Å²) in [5.41, 5.74) is 1.07. The van der Waals surface area contributed by atoms with Crippen molar-refractivity contribution in [2.75, 3.05) is 13.2 Å². The monoisotopic (exact) mass is 235 g/mol. The molecule has 1 saturated carbocycles. The van der Waals surface area contributed by atoms with Crippen LogP contribution in [0.1, 0.15) is 32.4 Å². The lowest BCUT2D eigenvalue weighted by atomic mass is 10.1. The SMILES string of the molecule is CCNC(Cc1cc(OCC)ncn1)C1CC1. The molecule has 1 unspecified atom stereocenters. The summed E-state index contributed by atoms with van der Waals surface area (Å²) in [4.78, 5) is 8.41. The van der Waals surface area contributed by atoms with Crippen LogP contribution >= 0.6 is 0 Å². The second kappa shape index (κ2) is 5.96. The molecular formula is C13H21N3O. The largest absolute Gasteiger partial charge is 0.478 e. The molecule has 1 aliphatic rings. The molecular weight excluding hydrogens is 214 g/mol. The fourth-order valence-corrected chi connectivity index (χ4v) is 2.11. The quantitative estimate of drug-likeness (QED) is 0.783. The number of nitrogens with one attached hydrogen (secondary N) is 1. The lowest BCUT2D eigenvalue weighted by Crippen LogP contribution is -2.33. The smallest absolute Gasteiger partial charge is 0.216 e. The highest BCUT2D eigenvalue weighted by atomic mass is 16.5. The van der Waals surface area contributed by atoms with Gasteiger partial charge in [0, 0.05) is 24.2 Å². The van der Waals surface area contributed by atoms with Gasteiger partial charge >= 0.3 is 0 Å². The lowest BCUT2D eigenvalue weighted by Gasteiger charge is -2.16. The Balaban J connectivity index is 1.97. The van der Waals surface area contributed by atoms with Gasteiger partial charge in [0.25, 0.3) is 0 Å². The van der Waals surface area contributed by atoms with Gasteiger partial charge < -0.3 is 10.1 Å². The molecule has 17 heavy (non-hydrogen) atoms. The van der Waals surface area contributed by atoms with E-state index in [0.717, 1.165) is 24.6 Å². The topological polar surface area (TPSA) is 47.0 Å². The molecule has 1 aromatic rings. The average molecular weight is 235 g/mol. The van der Waals surface area contributed by atoms with Gasteiger partial charge in [-0.1, -0.05) is 6.92 Å². The van der Waals surface area contributed by atoms with Crippen molar-refractivity contribution in [2.45, 2.75) is 39.2 Å². The van der Waals surface area contributed by atoms with Crippen molar-refractivity contribution in [1.29, 1.82) is 0 Å². The van der Waals surface area contributed by atoms with Crippen LogP contribution in [0, 0.1) is 5.92 Å². The first kappa shape index (κ1) is 12.3. The molecule has 0 radical (unpaired) electrons. The number of likely N-dealkylation sites (N-methyl/N-ethyl adjacent to an activating group) is 1. The van der Waals surface area contributed by atoms with Crippen LogP contribution in [0.4, 0.5) is 0 Å². The standard InChI is InChI=1S/C13H21N3O/c1-3-14-12(10-5-6-10)7-11-8-13(17-4-2)16-9-15-11/h8-10,12,14H,3-7H2,1-2H3. The summed E-state index contributed by atoms with van der Waals surface area (Å²) in [6, 6.07) is 2.51. The number of ether oxygens (including phenoxy) is 1. The van der Waals surface area contributed by atoms with Gasteiger partial charge in [-0.2, -0.15) is 0 Å². The highest BCUT2D eigenvalue weighted by Gasteiger charge is 2.30. The molecule has 4 heteroatoms. The van der Waals surface area contributed by atoms with E-state index in [-0.39, 0.29) is 0 Å². The maximum Gasteiger partial charge on any atom is 0.216 e. The van der Waals surface area contributed by atoms with Crippen LogP contribution in [0.3, 0.4) is 0 Å². The third-order valence-electron chi connectivity index (χ3n) is 3.08. The first-order chi connectivity index (χ1) is 8.33. The molecule has 0 spiro atoms. The zero-order valence-corrected chi connectivity index (χ0v) is 10.6. The van der Waals surface area contributed by atoms with Gasteiger partial charge in [0.15, 0.2) is 0 Å². The van der Waals surface area contributed by atoms with E-state index in [4.69, 9.17) is 4.74 Å². The van der Waals surface area contributed by atoms with E-state index in [2.05, 4.69) is 22.2 Å². The molecule has 94 valence electrons. The van der Waals surface area contributed by atoms with Crippen molar-refractivity contribution >= 4 is 0 Å². The molecule has 4 nitrogen and oxygen atoms in total. The molecule has 2 rings (SSSR count). The first-order valence-corrected chi connectivity index (χ1v) is 6.50. The highest BCUT2D eigenvalue weighted by molar-refractivity contribution is 5.15. The molecule has 1 heterocycles. The Kier molecular flexibility index (Phi) is 4.31. The van der Waals surface area contributed by atoms with Crippen LogP contribution in [0.5, 0.6) is 5.88 Å². The lowest BCUT2D eigenvalue weighted by molar-refractivity contribution is 0.325. The van der Waals surface area contributed by atoms with Crippen LogP contribution in [0.2, 0.25) is 0 Å². The van der Waals surface area contributed by atoms with Gasteiger partial charge in [0.1, 0.15) is 6.33 Å². The number of rotatable bonds is 7. The molecule has 0 bridgehead atoms. The minimum absolute atomic E-state index is 0.560. The van der Waals surface area contributed by atoms with E-state index in [9.17, 15) is 0 Å². The Morgan fingerprint density at radius 1 is 1.41 bits per heavy atom. The Hall–Kier alpha value is -1.16. The van der Waals surface area contributed by atoms with Crippen LogP contribution in [0.25, 0.3) is 0 Å². The van der Waals surface area contributed by atoms with Crippen LogP contribution in [0.15, 0.2) is 12.4 Å². The highest BCUT2D eigenvalue weighted by Crippen LogP contribution is 2.33. The summed E-state index contributed by atoms with van der Waals surface area (Å²) in [7, 11) is 0. The number of hydrogen-bond acceptors (Lipinski definition) is 4. The predicted octanol–water partition coefficient (Wildman–Crippen LogP) is 1.81. The minimum Gasteiger partial charge on any atom is -0.478 e. The second-order valence-corrected chi connectivity index (χ2v) is 4.49. The summed E-state index contributed by atoms with van der Waals surface area (Å²) in [5, 5.41) is 3.54. The Morgan fingerprint density at radius 2 is 2.24 bits per heavy atom. The van der Waals surface area contributed by atoms with Gasteiger partial charge in [0.2, 0.25) is 5.88 Å². The Labute approximate surface area is 103 Å². The molecule has 0 saturated heterocycles. The molecule has 1 aromatic heterocycles. The average Bonchev–Trinajstić information content (AvgIpc) is 3.13. The normalized spacial score (nSPS) is 16.8. The first-order valence-electron chi connectivity index (χ1n) is 6.50. The van der Waals surface area contributed by atoms with Crippen molar-refractivity contribution in [3.05, 3.63) is 18.1 Å². The summed E-state index contributed by atoms with van der Waals surface area (Å²) >= 11 is 0. The molecule has 1 N–H and O–H groups in total. The van der Waals surface area contributed by atoms with Crippen LogP contribution in [-0.2, 0) is 6.42 Å². The summed E-state index contributed by atoms with van der Waals surface area (Å²) < 4.78 is 5.39. The van der Waals surface area contributed by atoms with Gasteiger partial charge in [-0.15, -0.1) is 0 Å². The van der Waals surface area contributed by atoms with Crippen molar-refractivity contribution in [2.24, 2.45) is 5.92 Å². The van der Waals surface area contributed by atoms with E-state index >= 15 is 0 Å². The fraction of sp³-hybridized carbons (Fsp3) is 0.692. The molecule has 0 aliphatic heterocycles. The van der Waals surface area contributed by atoms with Crippen molar-refractivity contribution < 1.29 is 4.74 Å².